The maximum atomic E-state index is 6.01. The molecule has 0 amide bonds. The monoisotopic (exact) mass is 362 g/mol. The summed E-state index contributed by atoms with van der Waals surface area (Å²) < 4.78 is 12.3. The van der Waals surface area contributed by atoms with E-state index in [2.05, 4.69) is 49.4 Å². The molecular weight excluding hydrogens is 339 g/mol. The molecule has 0 bridgehead atoms. The van der Waals surface area contributed by atoms with E-state index in [0.717, 1.165) is 28.8 Å². The summed E-state index contributed by atoms with van der Waals surface area (Å²) in [6.45, 7) is 7.49. The van der Waals surface area contributed by atoms with Gasteiger partial charge < -0.3 is 9.47 Å². The van der Waals surface area contributed by atoms with Crippen molar-refractivity contribution in [2.75, 3.05) is 18.1 Å². The Morgan fingerprint density at radius 1 is 1.22 bits per heavy atom. The van der Waals surface area contributed by atoms with Crippen molar-refractivity contribution in [1.29, 1.82) is 0 Å². The number of methoxy groups -OCH3 is 1. The van der Waals surface area contributed by atoms with Crippen molar-refractivity contribution in [2.45, 2.75) is 33.3 Å². The SMILES string of the molecule is COc1ccccc1C(CI)OCCC(C)(C)C. The lowest BCUT2D eigenvalue weighted by atomic mass is 9.93. The highest BCUT2D eigenvalue weighted by Crippen LogP contribution is 2.30. The molecule has 1 aromatic rings. The van der Waals surface area contributed by atoms with Gasteiger partial charge in [-0.15, -0.1) is 0 Å². The molecule has 0 radical (unpaired) electrons. The second-order valence-electron chi connectivity index (χ2n) is 5.57. The quantitative estimate of drug-likeness (QED) is 0.543. The molecule has 0 fully saturated rings. The van der Waals surface area contributed by atoms with E-state index in [-0.39, 0.29) is 6.10 Å². The number of hydrogen-bond acceptors (Lipinski definition) is 2. The van der Waals surface area contributed by atoms with E-state index in [4.69, 9.17) is 9.47 Å². The second kappa shape index (κ2) is 7.34. The van der Waals surface area contributed by atoms with E-state index in [1.54, 1.807) is 7.11 Å². The van der Waals surface area contributed by atoms with Gasteiger partial charge in [0.25, 0.3) is 0 Å². The molecular formula is C15H23IO2. The Labute approximate surface area is 124 Å². The van der Waals surface area contributed by atoms with Crippen LogP contribution in [0.4, 0.5) is 0 Å². The number of benzene rings is 1. The zero-order chi connectivity index (χ0) is 13.6. The molecule has 0 saturated heterocycles. The van der Waals surface area contributed by atoms with Gasteiger partial charge in [0.15, 0.2) is 0 Å². The van der Waals surface area contributed by atoms with Crippen LogP contribution in [0.1, 0.15) is 38.9 Å². The lowest BCUT2D eigenvalue weighted by Gasteiger charge is -2.22. The van der Waals surface area contributed by atoms with Crippen LogP contribution in [-0.4, -0.2) is 18.1 Å². The van der Waals surface area contributed by atoms with Crippen molar-refractivity contribution in [1.82, 2.24) is 0 Å². The first-order valence-electron chi connectivity index (χ1n) is 6.28. The summed E-state index contributed by atoms with van der Waals surface area (Å²) in [5, 5.41) is 0. The van der Waals surface area contributed by atoms with E-state index in [1.165, 1.54) is 0 Å². The fourth-order valence-corrected chi connectivity index (χ4v) is 2.39. The van der Waals surface area contributed by atoms with Gasteiger partial charge in [0, 0.05) is 16.6 Å². The van der Waals surface area contributed by atoms with E-state index in [9.17, 15) is 0 Å². The first-order chi connectivity index (χ1) is 8.48. The minimum Gasteiger partial charge on any atom is -0.496 e. The van der Waals surface area contributed by atoms with Crippen LogP contribution in [0, 0.1) is 5.41 Å². The minimum absolute atomic E-state index is 0.115. The Kier molecular flexibility index (Phi) is 6.43. The molecule has 0 spiro atoms. The number of para-hydroxylation sites is 1. The summed E-state index contributed by atoms with van der Waals surface area (Å²) in [6.07, 6.45) is 1.18. The highest BCUT2D eigenvalue weighted by Gasteiger charge is 2.17. The van der Waals surface area contributed by atoms with Gasteiger partial charge in [0.05, 0.1) is 13.2 Å². The van der Waals surface area contributed by atoms with E-state index in [0.29, 0.717) is 5.41 Å². The molecule has 1 rings (SSSR count). The molecule has 2 nitrogen and oxygen atoms in total. The normalized spacial score (nSPS) is 13.4. The third-order valence-corrected chi connectivity index (χ3v) is 3.60. The highest BCUT2D eigenvalue weighted by atomic mass is 127. The predicted molar refractivity (Wildman–Crippen MR) is 84.6 cm³/mol. The van der Waals surface area contributed by atoms with Gasteiger partial charge in [-0.2, -0.15) is 0 Å². The van der Waals surface area contributed by atoms with Crippen LogP contribution in [-0.2, 0) is 4.74 Å². The minimum atomic E-state index is 0.115. The highest BCUT2D eigenvalue weighted by molar-refractivity contribution is 14.1. The van der Waals surface area contributed by atoms with Gasteiger partial charge in [-0.05, 0) is 17.9 Å². The van der Waals surface area contributed by atoms with E-state index < -0.39 is 0 Å². The van der Waals surface area contributed by atoms with Crippen LogP contribution in [0.25, 0.3) is 0 Å². The lowest BCUT2D eigenvalue weighted by Crippen LogP contribution is -2.13. The first kappa shape index (κ1) is 15.8. The summed E-state index contributed by atoms with van der Waals surface area (Å²) >= 11 is 2.37. The number of rotatable bonds is 6. The zero-order valence-corrected chi connectivity index (χ0v) is 13.9. The van der Waals surface area contributed by atoms with Crippen LogP contribution in [0.2, 0.25) is 0 Å². The van der Waals surface area contributed by atoms with Crippen molar-refractivity contribution in [3.63, 3.8) is 0 Å². The van der Waals surface area contributed by atoms with E-state index >= 15 is 0 Å². The summed E-state index contributed by atoms with van der Waals surface area (Å²) in [5.74, 6) is 0.912. The van der Waals surface area contributed by atoms with Crippen LogP contribution < -0.4 is 4.74 Å². The Morgan fingerprint density at radius 3 is 2.44 bits per heavy atom. The fraction of sp³-hybridized carbons (Fsp3) is 0.600. The van der Waals surface area contributed by atoms with E-state index in [1.807, 2.05) is 18.2 Å². The summed E-state index contributed by atoms with van der Waals surface area (Å²) in [4.78, 5) is 0. The molecule has 102 valence electrons. The Morgan fingerprint density at radius 2 is 1.89 bits per heavy atom. The maximum absolute atomic E-state index is 6.01. The van der Waals surface area contributed by atoms with Crippen molar-refractivity contribution in [3.8, 4) is 5.75 Å². The molecule has 1 aromatic carbocycles. The maximum Gasteiger partial charge on any atom is 0.124 e. The molecule has 0 aromatic heterocycles. The third-order valence-electron chi connectivity index (χ3n) is 2.80. The van der Waals surface area contributed by atoms with Crippen molar-refractivity contribution >= 4 is 22.6 Å². The second-order valence-corrected chi connectivity index (χ2v) is 6.45. The molecule has 3 heteroatoms. The fourth-order valence-electron chi connectivity index (χ4n) is 1.66. The smallest absolute Gasteiger partial charge is 0.124 e. The molecule has 1 unspecified atom stereocenters. The van der Waals surface area contributed by atoms with Crippen LogP contribution in [0.15, 0.2) is 24.3 Å². The standard InChI is InChI=1S/C15H23IO2/c1-15(2,3)9-10-18-14(11-16)12-7-5-6-8-13(12)17-4/h5-8,14H,9-11H2,1-4H3. The molecule has 18 heavy (non-hydrogen) atoms. The largest absolute Gasteiger partial charge is 0.496 e. The summed E-state index contributed by atoms with van der Waals surface area (Å²) in [5.41, 5.74) is 1.46. The Balaban J connectivity index is 2.65. The van der Waals surface area contributed by atoms with Crippen molar-refractivity contribution in [3.05, 3.63) is 29.8 Å². The van der Waals surface area contributed by atoms with Gasteiger partial charge in [0.2, 0.25) is 0 Å². The van der Waals surface area contributed by atoms with Gasteiger partial charge in [-0.3, -0.25) is 0 Å². The Hall–Kier alpha value is -0.290. The molecule has 0 aliphatic heterocycles. The van der Waals surface area contributed by atoms with Crippen LogP contribution in [0.5, 0.6) is 5.75 Å². The van der Waals surface area contributed by atoms with Gasteiger partial charge in [-0.25, -0.2) is 0 Å². The lowest BCUT2D eigenvalue weighted by molar-refractivity contribution is 0.0517. The zero-order valence-electron chi connectivity index (χ0n) is 11.7. The number of hydrogen-bond donors (Lipinski definition) is 0. The average molecular weight is 362 g/mol. The van der Waals surface area contributed by atoms with Crippen molar-refractivity contribution < 1.29 is 9.47 Å². The average Bonchev–Trinajstić information content (AvgIpc) is 2.33. The number of halogens is 1. The first-order valence-corrected chi connectivity index (χ1v) is 7.81. The molecule has 0 heterocycles. The number of alkyl halides is 1. The van der Waals surface area contributed by atoms with Gasteiger partial charge in [0.1, 0.15) is 5.75 Å². The summed E-state index contributed by atoms with van der Waals surface area (Å²) in [6, 6.07) is 8.09. The molecule has 1 atom stereocenters. The van der Waals surface area contributed by atoms with Gasteiger partial charge >= 0.3 is 0 Å². The Bertz CT molecular complexity index is 358. The van der Waals surface area contributed by atoms with Gasteiger partial charge in [-0.1, -0.05) is 61.6 Å². The summed E-state index contributed by atoms with van der Waals surface area (Å²) in [7, 11) is 1.71. The molecule has 0 aliphatic rings. The van der Waals surface area contributed by atoms with Crippen molar-refractivity contribution in [2.24, 2.45) is 5.41 Å². The predicted octanol–water partition coefficient (Wildman–Crippen LogP) is 4.62. The van der Waals surface area contributed by atoms with Crippen LogP contribution in [0.3, 0.4) is 0 Å². The van der Waals surface area contributed by atoms with Crippen LogP contribution >= 0.6 is 22.6 Å². The number of ether oxygens (including phenoxy) is 2. The topological polar surface area (TPSA) is 18.5 Å². The third kappa shape index (κ3) is 5.14. The molecule has 0 aliphatic carbocycles. The molecule has 0 N–H and O–H groups in total. The molecule has 0 saturated carbocycles.